The first kappa shape index (κ1) is 65.6. The lowest BCUT2D eigenvalue weighted by Crippen LogP contribution is -2.60. The molecule has 1 saturated heterocycles. The summed E-state index contributed by atoms with van der Waals surface area (Å²) in [4.78, 5) is 13.0. The van der Waals surface area contributed by atoms with Crippen LogP contribution >= 0.6 is 0 Å². The third-order valence-electron chi connectivity index (χ3n) is 11.5. The molecule has 9 heteroatoms. The van der Waals surface area contributed by atoms with Crippen LogP contribution in [-0.4, -0.2) is 87.5 Å². The summed E-state index contributed by atoms with van der Waals surface area (Å²) in [7, 11) is 0. The molecule has 0 aromatic rings. The molecule has 1 heterocycles. The van der Waals surface area contributed by atoms with E-state index in [1.165, 1.54) is 25.7 Å². The summed E-state index contributed by atoms with van der Waals surface area (Å²) in [5.41, 5.74) is 0. The van der Waals surface area contributed by atoms with E-state index in [1.54, 1.807) is 6.08 Å². The lowest BCUT2D eigenvalue weighted by Gasteiger charge is -2.40. The average molecular weight is 996 g/mol. The van der Waals surface area contributed by atoms with Gasteiger partial charge in [-0.3, -0.25) is 4.79 Å². The molecule has 0 spiro atoms. The largest absolute Gasteiger partial charge is 0.394 e. The Kier molecular flexibility index (Phi) is 45.6. The lowest BCUT2D eigenvalue weighted by atomic mass is 9.99. The van der Waals surface area contributed by atoms with Crippen LogP contribution in [0.2, 0.25) is 0 Å². The third-order valence-corrected chi connectivity index (χ3v) is 11.5. The summed E-state index contributed by atoms with van der Waals surface area (Å²) in [6, 6.07) is -0.856. The topological polar surface area (TPSA) is 149 Å². The Bertz CT molecular complexity index is 1720. The number of aliphatic hydroxyl groups excluding tert-OH is 5. The standard InChI is InChI=1S/C63H97NO8/c1-3-5-7-9-11-13-15-16-17-18-19-20-21-22-23-24-25-26-27-28-29-30-31-32-33-34-35-36-37-38-39-40-41-42-43-45-47-49-51-53-59(67)64-56(55-71-63-62(70)61(69)60(68)58(54-65)72-63)57(66)52-50-48-46-44-14-12-10-8-6-4-2/h5,7,11,13-14,16-17,19-20,22-23,25-26,28-29,31-32,34-35,37-38,40-41,43-45,50,52,56-58,60-63,65-66,68-70H,3-4,6,8-10,12,15,18,21,24,27,30,33,36,39,42,46-49,51,53-55H2,1-2H3,(H,64,67)/b7-5-,13-11-,17-16-,20-19-,23-22-,26-25-,29-28-,32-31-,35-34-,38-37-,41-40-,44-14+,45-43-,52-50+. The van der Waals surface area contributed by atoms with Gasteiger partial charge in [-0.05, 0) is 122 Å². The number of allylic oxidation sites excluding steroid dienone is 27. The van der Waals surface area contributed by atoms with Crippen LogP contribution in [0.5, 0.6) is 0 Å². The van der Waals surface area contributed by atoms with Gasteiger partial charge in [0, 0.05) is 6.42 Å². The molecule has 72 heavy (non-hydrogen) atoms. The highest BCUT2D eigenvalue weighted by atomic mass is 16.7. The highest BCUT2D eigenvalue weighted by Crippen LogP contribution is 2.22. The van der Waals surface area contributed by atoms with Crippen LogP contribution in [0.1, 0.15) is 162 Å². The molecule has 402 valence electrons. The number of nitrogens with one attached hydrogen (secondary N) is 1. The van der Waals surface area contributed by atoms with E-state index in [9.17, 15) is 30.3 Å². The Morgan fingerprint density at radius 2 is 0.875 bits per heavy atom. The quantitative estimate of drug-likeness (QED) is 0.0261. The van der Waals surface area contributed by atoms with Gasteiger partial charge in [0.05, 0.1) is 25.4 Å². The van der Waals surface area contributed by atoms with Crippen molar-refractivity contribution < 1.29 is 39.8 Å². The molecule has 1 rings (SSSR count). The smallest absolute Gasteiger partial charge is 0.220 e. The molecule has 7 atom stereocenters. The maximum Gasteiger partial charge on any atom is 0.220 e. The van der Waals surface area contributed by atoms with E-state index in [0.29, 0.717) is 6.42 Å². The Morgan fingerprint density at radius 1 is 0.486 bits per heavy atom. The van der Waals surface area contributed by atoms with Crippen LogP contribution < -0.4 is 5.32 Å². The molecule has 0 saturated carbocycles. The fraction of sp³-hybridized carbons (Fsp3) is 0.540. The second-order valence-electron chi connectivity index (χ2n) is 17.9. The van der Waals surface area contributed by atoms with Gasteiger partial charge >= 0.3 is 0 Å². The van der Waals surface area contributed by atoms with Crippen LogP contribution in [0, 0.1) is 0 Å². The monoisotopic (exact) mass is 996 g/mol. The predicted molar refractivity (Wildman–Crippen MR) is 303 cm³/mol. The molecular weight excluding hydrogens is 899 g/mol. The Morgan fingerprint density at radius 3 is 1.31 bits per heavy atom. The van der Waals surface area contributed by atoms with Gasteiger partial charge in [-0.25, -0.2) is 0 Å². The van der Waals surface area contributed by atoms with Gasteiger partial charge in [0.1, 0.15) is 24.4 Å². The predicted octanol–water partition coefficient (Wildman–Crippen LogP) is 13.4. The van der Waals surface area contributed by atoms with Crippen molar-refractivity contribution in [3.05, 3.63) is 170 Å². The molecule has 1 amide bonds. The zero-order valence-electron chi connectivity index (χ0n) is 44.3. The van der Waals surface area contributed by atoms with Crippen LogP contribution in [0.15, 0.2) is 170 Å². The third kappa shape index (κ3) is 39.1. The Balaban J connectivity index is 2.22. The number of hydrogen-bond donors (Lipinski definition) is 6. The molecule has 9 nitrogen and oxygen atoms in total. The van der Waals surface area contributed by atoms with Gasteiger partial charge < -0.3 is 40.3 Å². The number of aliphatic hydroxyl groups is 5. The first-order valence-electron chi connectivity index (χ1n) is 27.4. The van der Waals surface area contributed by atoms with Crippen LogP contribution in [0.4, 0.5) is 0 Å². The fourth-order valence-electron chi connectivity index (χ4n) is 7.21. The van der Waals surface area contributed by atoms with Crippen molar-refractivity contribution in [1.82, 2.24) is 5.32 Å². The van der Waals surface area contributed by atoms with E-state index < -0.39 is 49.5 Å². The summed E-state index contributed by atoms with van der Waals surface area (Å²) in [6.45, 7) is 3.54. The van der Waals surface area contributed by atoms with E-state index in [-0.39, 0.29) is 18.9 Å². The van der Waals surface area contributed by atoms with Crippen molar-refractivity contribution in [2.24, 2.45) is 0 Å². The minimum Gasteiger partial charge on any atom is -0.394 e. The highest BCUT2D eigenvalue weighted by Gasteiger charge is 2.44. The van der Waals surface area contributed by atoms with Crippen LogP contribution in [-0.2, 0) is 14.3 Å². The number of amides is 1. The molecule has 6 N–H and O–H groups in total. The van der Waals surface area contributed by atoms with E-state index >= 15 is 0 Å². The second kappa shape index (κ2) is 50.1. The summed E-state index contributed by atoms with van der Waals surface area (Å²) in [5, 5.41) is 54.1. The van der Waals surface area contributed by atoms with Crippen LogP contribution in [0.25, 0.3) is 0 Å². The number of hydrogen-bond acceptors (Lipinski definition) is 8. The second-order valence-corrected chi connectivity index (χ2v) is 17.9. The number of carbonyl (C=O) groups is 1. The zero-order valence-corrected chi connectivity index (χ0v) is 44.3. The number of unbranched alkanes of at least 4 members (excludes halogenated alkanes) is 7. The molecule has 1 fully saturated rings. The van der Waals surface area contributed by atoms with Crippen molar-refractivity contribution in [2.75, 3.05) is 13.2 Å². The molecule has 0 bridgehead atoms. The van der Waals surface area contributed by atoms with Gasteiger partial charge in [0.2, 0.25) is 5.91 Å². The van der Waals surface area contributed by atoms with Gasteiger partial charge in [-0.1, -0.05) is 203 Å². The molecule has 0 radical (unpaired) electrons. The van der Waals surface area contributed by atoms with Crippen molar-refractivity contribution in [3.8, 4) is 0 Å². The SMILES string of the molecule is CC/C=C\C/C=C\C/C=C\C/C=C\C/C=C\C/C=C\C/C=C\C/C=C\C/C=C\C/C=C\C/C=C\C/C=C\CCCCC(=O)NC(COC1OC(CO)C(O)C(O)C1O)C(O)/C=C/CC/C=C/CCCCCC. The van der Waals surface area contributed by atoms with E-state index in [4.69, 9.17) is 9.47 Å². The maximum absolute atomic E-state index is 13.0. The van der Waals surface area contributed by atoms with Crippen LogP contribution in [0.3, 0.4) is 0 Å². The maximum atomic E-state index is 13.0. The highest BCUT2D eigenvalue weighted by molar-refractivity contribution is 5.76. The first-order chi connectivity index (χ1) is 35.3. The van der Waals surface area contributed by atoms with Gasteiger partial charge in [-0.15, -0.1) is 0 Å². The number of ether oxygens (including phenoxy) is 2. The number of carbonyl (C=O) groups excluding carboxylic acids is 1. The van der Waals surface area contributed by atoms with E-state index in [0.717, 1.165) is 109 Å². The summed E-state index contributed by atoms with van der Waals surface area (Å²) in [5.74, 6) is -0.240. The van der Waals surface area contributed by atoms with E-state index in [1.807, 2.05) is 6.08 Å². The minimum atomic E-state index is -1.59. The molecule has 1 aliphatic rings. The molecule has 1 aliphatic heterocycles. The van der Waals surface area contributed by atoms with Gasteiger partial charge in [-0.2, -0.15) is 0 Å². The molecule has 0 aromatic heterocycles. The molecule has 0 aliphatic carbocycles. The zero-order chi connectivity index (χ0) is 52.2. The number of rotatable bonds is 43. The summed E-state index contributed by atoms with van der Waals surface area (Å²) in [6.07, 6.45) is 74.3. The minimum absolute atomic E-state index is 0.231. The lowest BCUT2D eigenvalue weighted by molar-refractivity contribution is -0.302. The normalized spacial score (nSPS) is 20.6. The average Bonchev–Trinajstić information content (AvgIpc) is 3.38. The molecular formula is C63H97NO8. The molecule has 7 unspecified atom stereocenters. The van der Waals surface area contributed by atoms with Crippen molar-refractivity contribution in [2.45, 2.75) is 204 Å². The fourth-order valence-corrected chi connectivity index (χ4v) is 7.21. The van der Waals surface area contributed by atoms with Crippen molar-refractivity contribution >= 4 is 5.91 Å². The van der Waals surface area contributed by atoms with Gasteiger partial charge in [0.25, 0.3) is 0 Å². The van der Waals surface area contributed by atoms with Crippen molar-refractivity contribution in [3.63, 3.8) is 0 Å². The first-order valence-corrected chi connectivity index (χ1v) is 27.4. The summed E-state index contributed by atoms with van der Waals surface area (Å²) >= 11 is 0. The molecule has 0 aromatic carbocycles. The van der Waals surface area contributed by atoms with Crippen molar-refractivity contribution in [1.29, 1.82) is 0 Å². The van der Waals surface area contributed by atoms with Gasteiger partial charge in [0.15, 0.2) is 6.29 Å². The Hall–Kier alpha value is -4.45. The Labute approximate surface area is 437 Å². The van der Waals surface area contributed by atoms with E-state index in [2.05, 4.69) is 177 Å². The summed E-state index contributed by atoms with van der Waals surface area (Å²) < 4.78 is 11.2.